The minimum absolute atomic E-state index is 0.109. The molecule has 1 amide bonds. The third-order valence-electron chi connectivity index (χ3n) is 4.46. The lowest BCUT2D eigenvalue weighted by molar-refractivity contribution is 0.0947. The van der Waals surface area contributed by atoms with E-state index in [1.54, 1.807) is 24.3 Å². The summed E-state index contributed by atoms with van der Waals surface area (Å²) in [7, 11) is -3.64. The first-order valence-corrected chi connectivity index (χ1v) is 11.5. The summed E-state index contributed by atoms with van der Waals surface area (Å²) in [4.78, 5) is 12.8. The highest BCUT2D eigenvalue weighted by Crippen LogP contribution is 2.25. The van der Waals surface area contributed by atoms with Gasteiger partial charge in [0, 0.05) is 0 Å². The fourth-order valence-electron chi connectivity index (χ4n) is 2.97. The van der Waals surface area contributed by atoms with Crippen LogP contribution in [0.3, 0.4) is 0 Å². The molecule has 0 aliphatic heterocycles. The van der Waals surface area contributed by atoms with E-state index in [4.69, 9.17) is 4.74 Å². The summed E-state index contributed by atoms with van der Waals surface area (Å²) in [5.41, 5.74) is 1.34. The molecule has 0 bridgehead atoms. The number of ether oxygens (including phenoxy) is 1. The molecule has 3 aromatic rings. The van der Waals surface area contributed by atoms with Gasteiger partial charge in [0.15, 0.2) is 0 Å². The number of carbonyl (C=O) groups excluding carboxylic acids is 1. The first-order valence-electron chi connectivity index (χ1n) is 9.62. The highest BCUT2D eigenvalue weighted by molar-refractivity contribution is 7.92. The maximum Gasteiger partial charge on any atom is 0.253 e. The molecule has 0 unspecified atom stereocenters. The van der Waals surface area contributed by atoms with E-state index in [9.17, 15) is 17.6 Å². The molecule has 0 spiro atoms. The summed E-state index contributed by atoms with van der Waals surface area (Å²) in [6.07, 6.45) is 1.11. The lowest BCUT2D eigenvalue weighted by Crippen LogP contribution is -2.33. The lowest BCUT2D eigenvalue weighted by Gasteiger charge is -2.24. The monoisotopic (exact) mass is 442 g/mol. The minimum Gasteiger partial charge on any atom is -0.492 e. The summed E-state index contributed by atoms with van der Waals surface area (Å²) in [6, 6.07) is 21.3. The van der Waals surface area contributed by atoms with Crippen molar-refractivity contribution in [2.75, 3.05) is 23.7 Å². The molecule has 0 atom stereocenters. The zero-order valence-electron chi connectivity index (χ0n) is 17.0. The van der Waals surface area contributed by atoms with Gasteiger partial charge in [-0.2, -0.15) is 0 Å². The van der Waals surface area contributed by atoms with E-state index in [0.29, 0.717) is 11.4 Å². The molecule has 6 nitrogen and oxygen atoms in total. The Morgan fingerprint density at radius 1 is 0.968 bits per heavy atom. The maximum atomic E-state index is 12.9. The Morgan fingerprint density at radius 3 is 2.29 bits per heavy atom. The van der Waals surface area contributed by atoms with Gasteiger partial charge in [-0.1, -0.05) is 42.5 Å². The normalized spacial score (nSPS) is 11.0. The average Bonchev–Trinajstić information content (AvgIpc) is 2.76. The van der Waals surface area contributed by atoms with Crippen LogP contribution in [0.4, 0.5) is 10.1 Å². The van der Waals surface area contributed by atoms with Crippen molar-refractivity contribution < 1.29 is 22.3 Å². The number of hydrogen-bond donors (Lipinski definition) is 1. The summed E-state index contributed by atoms with van der Waals surface area (Å²) >= 11 is 0. The van der Waals surface area contributed by atoms with Crippen LogP contribution in [0.25, 0.3) is 0 Å². The summed E-state index contributed by atoms with van der Waals surface area (Å²) in [6.45, 7) is 0.485. The molecule has 162 valence electrons. The maximum absolute atomic E-state index is 12.9. The molecule has 1 N–H and O–H groups in total. The zero-order chi connectivity index (χ0) is 22.3. The van der Waals surface area contributed by atoms with Crippen molar-refractivity contribution in [3.8, 4) is 5.75 Å². The SMILES string of the molecule is CS(=O)(=O)N(Cc1ccccc1)c1ccccc1C(=O)NCCOc1ccc(F)cc1. The van der Waals surface area contributed by atoms with Crippen LogP contribution >= 0.6 is 0 Å². The quantitative estimate of drug-likeness (QED) is 0.514. The summed E-state index contributed by atoms with van der Waals surface area (Å²) in [5, 5.41) is 2.73. The third kappa shape index (κ3) is 6.29. The number of rotatable bonds is 9. The first-order chi connectivity index (χ1) is 14.8. The zero-order valence-corrected chi connectivity index (χ0v) is 17.8. The van der Waals surface area contributed by atoms with E-state index in [1.807, 2.05) is 30.3 Å². The van der Waals surface area contributed by atoms with Crippen LogP contribution in [-0.2, 0) is 16.6 Å². The molecule has 0 fully saturated rings. The largest absolute Gasteiger partial charge is 0.492 e. The van der Waals surface area contributed by atoms with Crippen molar-refractivity contribution in [3.05, 3.63) is 95.8 Å². The van der Waals surface area contributed by atoms with Gasteiger partial charge in [0.2, 0.25) is 10.0 Å². The fraction of sp³-hybridized carbons (Fsp3) is 0.174. The topological polar surface area (TPSA) is 75.7 Å². The van der Waals surface area contributed by atoms with Gasteiger partial charge in [0.25, 0.3) is 5.91 Å². The Bertz CT molecular complexity index is 1120. The van der Waals surface area contributed by atoms with Crippen molar-refractivity contribution in [3.63, 3.8) is 0 Å². The molecule has 0 radical (unpaired) electrons. The van der Waals surface area contributed by atoms with E-state index >= 15 is 0 Å². The Balaban J connectivity index is 1.71. The number of sulfonamides is 1. The second-order valence-electron chi connectivity index (χ2n) is 6.83. The molecular formula is C23H23FN2O4S. The number of nitrogens with zero attached hydrogens (tertiary/aromatic N) is 1. The molecule has 0 aliphatic carbocycles. The molecule has 0 aliphatic rings. The van der Waals surface area contributed by atoms with Crippen molar-refractivity contribution in [2.45, 2.75) is 6.54 Å². The predicted molar refractivity (Wildman–Crippen MR) is 118 cm³/mol. The van der Waals surface area contributed by atoms with Crippen molar-refractivity contribution in [1.82, 2.24) is 5.32 Å². The molecule has 8 heteroatoms. The van der Waals surface area contributed by atoms with Crippen molar-refractivity contribution in [1.29, 1.82) is 0 Å². The van der Waals surface area contributed by atoms with Crippen LogP contribution in [0.5, 0.6) is 5.75 Å². The van der Waals surface area contributed by atoms with Crippen LogP contribution in [0.15, 0.2) is 78.9 Å². The van der Waals surface area contributed by atoms with Gasteiger partial charge in [-0.15, -0.1) is 0 Å². The van der Waals surface area contributed by atoms with Crippen molar-refractivity contribution >= 4 is 21.6 Å². The van der Waals surface area contributed by atoms with Gasteiger partial charge in [0.05, 0.1) is 30.6 Å². The summed E-state index contributed by atoms with van der Waals surface area (Å²) in [5.74, 6) is -0.287. The Morgan fingerprint density at radius 2 is 1.61 bits per heavy atom. The molecular weight excluding hydrogens is 419 g/mol. The second kappa shape index (κ2) is 10.1. The Kier molecular flexibility index (Phi) is 7.25. The lowest BCUT2D eigenvalue weighted by atomic mass is 10.1. The molecule has 0 saturated heterocycles. The van der Waals surface area contributed by atoms with E-state index < -0.39 is 15.9 Å². The summed E-state index contributed by atoms with van der Waals surface area (Å²) < 4.78 is 44.6. The minimum atomic E-state index is -3.64. The molecule has 31 heavy (non-hydrogen) atoms. The average molecular weight is 443 g/mol. The highest BCUT2D eigenvalue weighted by Gasteiger charge is 2.23. The molecule has 0 saturated carbocycles. The molecule has 3 aromatic carbocycles. The number of amides is 1. The Hall–Kier alpha value is -3.39. The van der Waals surface area contributed by atoms with Crippen LogP contribution in [0.1, 0.15) is 15.9 Å². The van der Waals surface area contributed by atoms with Gasteiger partial charge in [-0.3, -0.25) is 9.10 Å². The van der Waals surface area contributed by atoms with E-state index in [2.05, 4.69) is 5.32 Å². The van der Waals surface area contributed by atoms with Crippen molar-refractivity contribution in [2.24, 2.45) is 0 Å². The van der Waals surface area contributed by atoms with Gasteiger partial charge in [-0.25, -0.2) is 12.8 Å². The van der Waals surface area contributed by atoms with Gasteiger partial charge in [0.1, 0.15) is 18.2 Å². The van der Waals surface area contributed by atoms with Crippen LogP contribution in [0, 0.1) is 5.82 Å². The number of halogens is 1. The first kappa shape index (κ1) is 22.3. The number of benzene rings is 3. The highest BCUT2D eigenvalue weighted by atomic mass is 32.2. The van der Waals surface area contributed by atoms with Crippen LogP contribution < -0.4 is 14.4 Å². The van der Waals surface area contributed by atoms with Gasteiger partial charge < -0.3 is 10.1 Å². The van der Waals surface area contributed by atoms with Gasteiger partial charge in [-0.05, 0) is 42.0 Å². The number of anilines is 1. The third-order valence-corrected chi connectivity index (χ3v) is 5.58. The number of nitrogens with one attached hydrogen (secondary N) is 1. The molecule has 0 heterocycles. The van der Waals surface area contributed by atoms with Crippen LogP contribution in [-0.4, -0.2) is 33.7 Å². The standard InChI is InChI=1S/C23H23FN2O4S/c1-31(28,29)26(17-18-7-3-2-4-8-18)22-10-6-5-9-21(22)23(27)25-15-16-30-20-13-11-19(24)12-14-20/h2-14H,15-17H2,1H3,(H,25,27). The Labute approximate surface area is 181 Å². The van der Waals surface area contributed by atoms with Gasteiger partial charge >= 0.3 is 0 Å². The van der Waals surface area contributed by atoms with E-state index in [-0.39, 0.29) is 31.1 Å². The molecule has 0 aromatic heterocycles. The fourth-order valence-corrected chi connectivity index (χ4v) is 3.87. The molecule has 3 rings (SSSR count). The smallest absolute Gasteiger partial charge is 0.253 e. The van der Waals surface area contributed by atoms with E-state index in [1.165, 1.54) is 28.6 Å². The number of carbonyl (C=O) groups is 1. The number of hydrogen-bond acceptors (Lipinski definition) is 4. The van der Waals surface area contributed by atoms with E-state index in [0.717, 1.165) is 11.8 Å². The second-order valence-corrected chi connectivity index (χ2v) is 8.74. The number of para-hydroxylation sites is 1. The predicted octanol–water partition coefficient (Wildman–Crippen LogP) is 3.60. The van der Waals surface area contributed by atoms with Crippen LogP contribution in [0.2, 0.25) is 0 Å².